The number of benzene rings is 3. The van der Waals surface area contributed by atoms with Gasteiger partial charge in [0.25, 0.3) is 0 Å². The highest BCUT2D eigenvalue weighted by molar-refractivity contribution is 9.10. The molecule has 1 aliphatic rings. The van der Waals surface area contributed by atoms with Gasteiger partial charge in [-0.2, -0.15) is 0 Å². The number of unbranched alkanes of at least 4 members (excludes halogenated alkanes) is 6. The van der Waals surface area contributed by atoms with Crippen LogP contribution in [0.25, 0.3) is 22.3 Å². The Kier molecular flexibility index (Phi) is 8.52. The summed E-state index contributed by atoms with van der Waals surface area (Å²) in [7, 11) is 0. The van der Waals surface area contributed by atoms with Gasteiger partial charge < -0.3 is 0 Å². The zero-order valence-corrected chi connectivity index (χ0v) is 23.3. The van der Waals surface area contributed by atoms with Gasteiger partial charge in [0, 0.05) is 19.9 Å². The molecule has 4 rings (SSSR count). The Labute approximate surface area is 217 Å². The summed E-state index contributed by atoms with van der Waals surface area (Å²) in [5.41, 5.74) is 8.75. The summed E-state index contributed by atoms with van der Waals surface area (Å²) in [5.74, 6) is 0. The average molecular weight is 568 g/mol. The Morgan fingerprint density at radius 1 is 0.667 bits per heavy atom. The lowest BCUT2D eigenvalue weighted by Crippen LogP contribution is -2.26. The van der Waals surface area contributed by atoms with Crippen molar-refractivity contribution in [1.29, 1.82) is 0 Å². The molecule has 0 spiro atoms. The van der Waals surface area contributed by atoms with Crippen LogP contribution in [0.3, 0.4) is 0 Å². The van der Waals surface area contributed by atoms with Crippen LogP contribution in [-0.4, -0.2) is 0 Å². The minimum absolute atomic E-state index is 0.0743. The standard InChI is InChI=1S/C31H36Br2/c1-3-5-7-12-20-31(21-13-8-6-4-2)27-22-24(32)16-17-25(27)26-18-19-28(33)29(30(26)31)23-14-10-9-11-15-23/h9-11,14-19,22H,3-8,12-13,20-21H2,1-2H3. The van der Waals surface area contributed by atoms with Gasteiger partial charge in [-0.3, -0.25) is 0 Å². The maximum atomic E-state index is 3.97. The molecule has 0 radical (unpaired) electrons. The van der Waals surface area contributed by atoms with Gasteiger partial charge in [0.05, 0.1) is 0 Å². The maximum absolute atomic E-state index is 3.97. The molecule has 2 heteroatoms. The molecular weight excluding hydrogens is 532 g/mol. The molecule has 0 unspecified atom stereocenters. The fourth-order valence-corrected chi connectivity index (χ4v) is 6.74. The van der Waals surface area contributed by atoms with Crippen molar-refractivity contribution >= 4 is 31.9 Å². The molecule has 0 N–H and O–H groups in total. The zero-order valence-electron chi connectivity index (χ0n) is 20.1. The van der Waals surface area contributed by atoms with Crippen molar-refractivity contribution in [2.45, 2.75) is 83.5 Å². The summed E-state index contributed by atoms with van der Waals surface area (Å²) < 4.78 is 2.41. The van der Waals surface area contributed by atoms with E-state index in [9.17, 15) is 0 Å². The smallest absolute Gasteiger partial charge is 0.0257 e. The minimum atomic E-state index is 0.0743. The average Bonchev–Trinajstić information content (AvgIpc) is 3.09. The third-order valence-corrected chi connectivity index (χ3v) is 8.55. The van der Waals surface area contributed by atoms with Crippen LogP contribution >= 0.6 is 31.9 Å². The lowest BCUT2D eigenvalue weighted by molar-refractivity contribution is 0.401. The fraction of sp³-hybridized carbons (Fsp3) is 0.419. The molecule has 0 aliphatic heterocycles. The highest BCUT2D eigenvalue weighted by Gasteiger charge is 2.44. The van der Waals surface area contributed by atoms with Gasteiger partial charge in [0.1, 0.15) is 0 Å². The van der Waals surface area contributed by atoms with Gasteiger partial charge >= 0.3 is 0 Å². The van der Waals surface area contributed by atoms with E-state index < -0.39 is 0 Å². The topological polar surface area (TPSA) is 0 Å². The van der Waals surface area contributed by atoms with E-state index in [1.54, 1.807) is 5.56 Å². The summed E-state index contributed by atoms with van der Waals surface area (Å²) in [5, 5.41) is 0. The molecule has 33 heavy (non-hydrogen) atoms. The molecular formula is C31H36Br2. The summed E-state index contributed by atoms with van der Waals surface area (Å²) in [6, 6.07) is 22.6. The monoisotopic (exact) mass is 566 g/mol. The van der Waals surface area contributed by atoms with Gasteiger partial charge in [-0.15, -0.1) is 0 Å². The Morgan fingerprint density at radius 3 is 1.94 bits per heavy atom. The van der Waals surface area contributed by atoms with E-state index in [1.165, 1.54) is 101 Å². The minimum Gasteiger partial charge on any atom is -0.0654 e. The van der Waals surface area contributed by atoms with Crippen LogP contribution in [0, 0.1) is 0 Å². The first-order valence-corrected chi connectivity index (χ1v) is 14.4. The van der Waals surface area contributed by atoms with Crippen LogP contribution in [0.1, 0.15) is 89.2 Å². The van der Waals surface area contributed by atoms with E-state index in [1.807, 2.05) is 0 Å². The molecule has 1 aliphatic carbocycles. The summed E-state index contributed by atoms with van der Waals surface area (Å²) in [4.78, 5) is 0. The Bertz CT molecular complexity index is 1060. The van der Waals surface area contributed by atoms with Gasteiger partial charge in [-0.05, 0) is 58.9 Å². The Balaban J connectivity index is 1.92. The van der Waals surface area contributed by atoms with Crippen molar-refractivity contribution in [1.82, 2.24) is 0 Å². The molecule has 0 amide bonds. The first-order valence-electron chi connectivity index (χ1n) is 12.8. The van der Waals surface area contributed by atoms with E-state index in [4.69, 9.17) is 0 Å². The molecule has 3 aromatic rings. The van der Waals surface area contributed by atoms with Crippen LogP contribution in [0.5, 0.6) is 0 Å². The van der Waals surface area contributed by atoms with E-state index in [2.05, 4.69) is 106 Å². The Morgan fingerprint density at radius 2 is 1.30 bits per heavy atom. The van der Waals surface area contributed by atoms with Crippen molar-refractivity contribution in [3.63, 3.8) is 0 Å². The second-order valence-electron chi connectivity index (χ2n) is 9.60. The van der Waals surface area contributed by atoms with Crippen molar-refractivity contribution in [2.75, 3.05) is 0 Å². The lowest BCUT2D eigenvalue weighted by atomic mass is 9.68. The largest absolute Gasteiger partial charge is 0.0654 e. The van der Waals surface area contributed by atoms with Crippen molar-refractivity contribution in [2.24, 2.45) is 0 Å². The second-order valence-corrected chi connectivity index (χ2v) is 11.4. The summed E-state index contributed by atoms with van der Waals surface area (Å²) in [6.07, 6.45) is 12.9. The van der Waals surface area contributed by atoms with Crippen LogP contribution in [0.2, 0.25) is 0 Å². The molecule has 0 nitrogen and oxygen atoms in total. The first-order chi connectivity index (χ1) is 16.1. The quantitative estimate of drug-likeness (QED) is 0.202. The molecule has 174 valence electrons. The van der Waals surface area contributed by atoms with Crippen molar-refractivity contribution in [3.05, 3.63) is 80.7 Å². The normalized spacial score (nSPS) is 13.7. The molecule has 0 saturated carbocycles. The number of hydrogen-bond donors (Lipinski definition) is 0. The molecule has 0 saturated heterocycles. The number of fused-ring (bicyclic) bond motifs is 3. The zero-order chi connectivity index (χ0) is 23.3. The molecule has 3 aromatic carbocycles. The van der Waals surface area contributed by atoms with Crippen LogP contribution in [-0.2, 0) is 5.41 Å². The van der Waals surface area contributed by atoms with Gasteiger partial charge in [0.2, 0.25) is 0 Å². The molecule has 0 heterocycles. The van der Waals surface area contributed by atoms with Gasteiger partial charge in [-0.1, -0.05) is 140 Å². The van der Waals surface area contributed by atoms with Gasteiger partial charge in [-0.25, -0.2) is 0 Å². The SMILES string of the molecule is CCCCCCC1(CCCCCC)c2cc(Br)ccc2-c2ccc(Br)c(-c3ccccc3)c21. The number of halogens is 2. The van der Waals surface area contributed by atoms with Crippen LogP contribution in [0.4, 0.5) is 0 Å². The van der Waals surface area contributed by atoms with Crippen LogP contribution in [0.15, 0.2) is 69.6 Å². The molecule has 0 fully saturated rings. The van der Waals surface area contributed by atoms with E-state index in [0.29, 0.717) is 0 Å². The van der Waals surface area contributed by atoms with E-state index in [0.717, 1.165) is 0 Å². The van der Waals surface area contributed by atoms with E-state index in [-0.39, 0.29) is 5.41 Å². The predicted octanol–water partition coefficient (Wildman–Crippen LogP) is 11.1. The first kappa shape index (κ1) is 24.7. The predicted molar refractivity (Wildman–Crippen MR) is 151 cm³/mol. The van der Waals surface area contributed by atoms with E-state index >= 15 is 0 Å². The maximum Gasteiger partial charge on any atom is 0.0257 e. The summed E-state index contributed by atoms with van der Waals surface area (Å²) >= 11 is 7.79. The van der Waals surface area contributed by atoms with Crippen LogP contribution < -0.4 is 0 Å². The fourth-order valence-electron chi connectivity index (χ4n) is 5.82. The highest BCUT2D eigenvalue weighted by atomic mass is 79.9. The molecule has 0 atom stereocenters. The molecule has 0 aromatic heterocycles. The van der Waals surface area contributed by atoms with Crippen molar-refractivity contribution < 1.29 is 0 Å². The second kappa shape index (κ2) is 11.4. The summed E-state index contributed by atoms with van der Waals surface area (Å²) in [6.45, 7) is 4.62. The third-order valence-electron chi connectivity index (χ3n) is 7.40. The number of hydrogen-bond acceptors (Lipinski definition) is 0. The molecule has 0 bridgehead atoms. The highest BCUT2D eigenvalue weighted by Crippen LogP contribution is 2.58. The van der Waals surface area contributed by atoms with Crippen molar-refractivity contribution in [3.8, 4) is 22.3 Å². The number of rotatable bonds is 11. The van der Waals surface area contributed by atoms with Gasteiger partial charge in [0.15, 0.2) is 0 Å². The third kappa shape index (κ3) is 5.03. The lowest BCUT2D eigenvalue weighted by Gasteiger charge is -2.35. The Hall–Kier alpha value is -1.38.